The Hall–Kier alpha value is -2.80. The Kier molecular flexibility index (Phi) is 2.65. The molecule has 0 fully saturated rings. The summed E-state index contributed by atoms with van der Waals surface area (Å²) in [6, 6.07) is 26.4. The van der Waals surface area contributed by atoms with Gasteiger partial charge in [0.05, 0.1) is 0 Å². The second kappa shape index (κ2) is 4.64. The molecule has 1 heteroatoms. The van der Waals surface area contributed by atoms with Gasteiger partial charge in [-0.05, 0) is 28.0 Å². The molecule has 1 N–H and O–H groups in total. The van der Waals surface area contributed by atoms with E-state index in [9.17, 15) is 5.11 Å². The molecular formula is C20H14O. The normalized spacial score (nSPS) is 11.0. The van der Waals surface area contributed by atoms with Crippen LogP contribution in [0.1, 0.15) is 0 Å². The van der Waals surface area contributed by atoms with Crippen LogP contribution in [0.3, 0.4) is 0 Å². The minimum Gasteiger partial charge on any atom is -0.507 e. The van der Waals surface area contributed by atoms with Crippen LogP contribution < -0.4 is 0 Å². The van der Waals surface area contributed by atoms with E-state index in [1.54, 1.807) is 0 Å². The molecule has 0 amide bonds. The van der Waals surface area contributed by atoms with Crippen molar-refractivity contribution in [1.82, 2.24) is 0 Å². The molecule has 0 aliphatic heterocycles. The van der Waals surface area contributed by atoms with Crippen LogP contribution >= 0.6 is 0 Å². The Morgan fingerprint density at radius 2 is 1.33 bits per heavy atom. The Labute approximate surface area is 123 Å². The lowest BCUT2D eigenvalue weighted by Gasteiger charge is -2.11. The van der Waals surface area contributed by atoms with E-state index in [4.69, 9.17) is 0 Å². The van der Waals surface area contributed by atoms with Crippen LogP contribution in [0.4, 0.5) is 0 Å². The quantitative estimate of drug-likeness (QED) is 0.461. The van der Waals surface area contributed by atoms with Crippen LogP contribution in [0.15, 0.2) is 78.9 Å². The maximum Gasteiger partial charge on any atom is 0.131 e. The number of benzene rings is 4. The molecule has 1 nitrogen and oxygen atoms in total. The summed E-state index contributed by atoms with van der Waals surface area (Å²) >= 11 is 0. The molecule has 0 aromatic heterocycles. The van der Waals surface area contributed by atoms with Gasteiger partial charge in [-0.3, -0.25) is 0 Å². The fourth-order valence-corrected chi connectivity index (χ4v) is 2.95. The van der Waals surface area contributed by atoms with Gasteiger partial charge in [0.15, 0.2) is 0 Å². The van der Waals surface area contributed by atoms with E-state index in [-0.39, 0.29) is 0 Å². The summed E-state index contributed by atoms with van der Waals surface area (Å²) < 4.78 is 0. The van der Waals surface area contributed by atoms with Crippen LogP contribution in [0.2, 0.25) is 0 Å². The largest absolute Gasteiger partial charge is 0.507 e. The van der Waals surface area contributed by atoms with Gasteiger partial charge < -0.3 is 5.11 Å². The zero-order valence-corrected chi connectivity index (χ0v) is 11.5. The number of phenols is 1. The molecule has 0 radical (unpaired) electrons. The Morgan fingerprint density at radius 3 is 2.19 bits per heavy atom. The first-order chi connectivity index (χ1) is 10.3. The highest BCUT2D eigenvalue weighted by Gasteiger charge is 2.11. The van der Waals surface area contributed by atoms with Gasteiger partial charge in [-0.2, -0.15) is 0 Å². The van der Waals surface area contributed by atoms with Gasteiger partial charge in [-0.15, -0.1) is 0 Å². The molecule has 0 unspecified atom stereocenters. The van der Waals surface area contributed by atoms with Gasteiger partial charge in [0.1, 0.15) is 5.75 Å². The highest BCUT2D eigenvalue weighted by molar-refractivity contribution is 6.10. The molecule has 0 spiro atoms. The topological polar surface area (TPSA) is 20.2 Å². The molecule has 21 heavy (non-hydrogen) atoms. The van der Waals surface area contributed by atoms with Crippen molar-refractivity contribution in [3.8, 4) is 16.9 Å². The van der Waals surface area contributed by atoms with Gasteiger partial charge >= 0.3 is 0 Å². The summed E-state index contributed by atoms with van der Waals surface area (Å²) in [5.74, 6) is 0.363. The highest BCUT2D eigenvalue weighted by Crippen LogP contribution is 2.39. The van der Waals surface area contributed by atoms with E-state index in [0.717, 1.165) is 32.7 Å². The zero-order chi connectivity index (χ0) is 14.2. The Balaban J connectivity index is 2.16. The summed E-state index contributed by atoms with van der Waals surface area (Å²) in [5.41, 5.74) is 2.19. The van der Waals surface area contributed by atoms with Crippen LogP contribution in [-0.2, 0) is 0 Å². The van der Waals surface area contributed by atoms with Gasteiger partial charge in [0.25, 0.3) is 0 Å². The van der Waals surface area contributed by atoms with Crippen molar-refractivity contribution >= 4 is 21.5 Å². The molecule has 0 atom stereocenters. The predicted molar refractivity (Wildman–Crippen MR) is 88.6 cm³/mol. The first-order valence-corrected chi connectivity index (χ1v) is 7.03. The number of hydrogen-bond donors (Lipinski definition) is 1. The van der Waals surface area contributed by atoms with Crippen LogP contribution in [-0.4, -0.2) is 5.11 Å². The monoisotopic (exact) mass is 270 g/mol. The molecule has 0 heterocycles. The minimum absolute atomic E-state index is 0.363. The minimum atomic E-state index is 0.363. The van der Waals surface area contributed by atoms with E-state index in [1.165, 1.54) is 0 Å². The van der Waals surface area contributed by atoms with E-state index >= 15 is 0 Å². The van der Waals surface area contributed by atoms with Crippen molar-refractivity contribution in [1.29, 1.82) is 0 Å². The average molecular weight is 270 g/mol. The molecule has 0 saturated carbocycles. The van der Waals surface area contributed by atoms with Gasteiger partial charge in [0, 0.05) is 10.8 Å². The van der Waals surface area contributed by atoms with Crippen LogP contribution in [0.25, 0.3) is 32.7 Å². The van der Waals surface area contributed by atoms with E-state index < -0.39 is 0 Å². The number of fused-ring (bicyclic) bond motifs is 2. The molecule has 0 saturated heterocycles. The first kappa shape index (κ1) is 12.0. The van der Waals surface area contributed by atoms with Crippen molar-refractivity contribution < 1.29 is 5.11 Å². The maximum absolute atomic E-state index is 10.8. The molecule has 0 aliphatic rings. The summed E-state index contributed by atoms with van der Waals surface area (Å²) in [4.78, 5) is 0. The zero-order valence-electron chi connectivity index (χ0n) is 11.5. The molecule has 4 rings (SSSR count). The van der Waals surface area contributed by atoms with E-state index in [2.05, 4.69) is 24.3 Å². The third-order valence-corrected chi connectivity index (χ3v) is 3.95. The molecular weight excluding hydrogens is 256 g/mol. The number of phenolic OH excluding ortho intramolecular Hbond substituents is 1. The van der Waals surface area contributed by atoms with Crippen molar-refractivity contribution in [3.05, 3.63) is 78.9 Å². The average Bonchev–Trinajstić information content (AvgIpc) is 2.55. The van der Waals surface area contributed by atoms with Crippen molar-refractivity contribution in [2.45, 2.75) is 0 Å². The second-order valence-corrected chi connectivity index (χ2v) is 5.22. The number of rotatable bonds is 1. The molecule has 100 valence electrons. The fourth-order valence-electron chi connectivity index (χ4n) is 2.95. The van der Waals surface area contributed by atoms with Crippen LogP contribution in [0.5, 0.6) is 5.75 Å². The summed E-state index contributed by atoms with van der Waals surface area (Å²) in [5, 5.41) is 14.7. The van der Waals surface area contributed by atoms with Gasteiger partial charge in [-0.25, -0.2) is 0 Å². The SMILES string of the molecule is Oc1c2ccccc2cc2cccc(-c3ccccc3)c12. The Morgan fingerprint density at radius 1 is 0.619 bits per heavy atom. The summed E-state index contributed by atoms with van der Waals surface area (Å²) in [7, 11) is 0. The lowest BCUT2D eigenvalue weighted by Crippen LogP contribution is -1.84. The number of aromatic hydroxyl groups is 1. The predicted octanol–water partition coefficient (Wildman–Crippen LogP) is 5.37. The number of hydrogen-bond acceptors (Lipinski definition) is 1. The van der Waals surface area contributed by atoms with Crippen molar-refractivity contribution in [3.63, 3.8) is 0 Å². The highest BCUT2D eigenvalue weighted by atomic mass is 16.3. The van der Waals surface area contributed by atoms with Gasteiger partial charge in [-0.1, -0.05) is 72.8 Å². The second-order valence-electron chi connectivity index (χ2n) is 5.22. The smallest absolute Gasteiger partial charge is 0.131 e. The molecule has 4 aromatic rings. The summed E-state index contributed by atoms with van der Waals surface area (Å²) in [6.07, 6.45) is 0. The maximum atomic E-state index is 10.8. The summed E-state index contributed by atoms with van der Waals surface area (Å²) in [6.45, 7) is 0. The Bertz CT molecular complexity index is 940. The van der Waals surface area contributed by atoms with E-state index in [0.29, 0.717) is 5.75 Å². The van der Waals surface area contributed by atoms with Crippen molar-refractivity contribution in [2.24, 2.45) is 0 Å². The van der Waals surface area contributed by atoms with Crippen LogP contribution in [0, 0.1) is 0 Å². The van der Waals surface area contributed by atoms with Gasteiger partial charge in [0.2, 0.25) is 0 Å². The molecule has 4 aromatic carbocycles. The third kappa shape index (κ3) is 1.86. The lowest BCUT2D eigenvalue weighted by molar-refractivity contribution is 0.488. The fraction of sp³-hybridized carbons (Fsp3) is 0. The standard InChI is InChI=1S/C20H14O/c21-20-18-11-5-4-9-15(18)13-16-10-6-12-17(19(16)20)14-7-2-1-3-8-14/h1-13,21H. The first-order valence-electron chi connectivity index (χ1n) is 7.03. The third-order valence-electron chi connectivity index (χ3n) is 3.95. The molecule has 0 aliphatic carbocycles. The molecule has 0 bridgehead atoms. The van der Waals surface area contributed by atoms with E-state index in [1.807, 2.05) is 54.6 Å². The van der Waals surface area contributed by atoms with Crippen molar-refractivity contribution in [2.75, 3.05) is 0 Å². The lowest BCUT2D eigenvalue weighted by atomic mass is 9.94.